The second-order valence-corrected chi connectivity index (χ2v) is 2.51. The summed E-state index contributed by atoms with van der Waals surface area (Å²) in [4.78, 5) is 0. The Labute approximate surface area is 53.7 Å². The molecule has 0 aromatic carbocycles. The highest BCUT2D eigenvalue weighted by Crippen LogP contribution is 2.30. The van der Waals surface area contributed by atoms with Crippen LogP contribution in [-0.4, -0.2) is 16.6 Å². The maximum Gasteiger partial charge on any atom is 0.275 e. The van der Waals surface area contributed by atoms with Gasteiger partial charge in [0.2, 0.25) is 0 Å². The van der Waals surface area contributed by atoms with E-state index >= 15 is 0 Å². The number of rotatable bonds is 2. The van der Waals surface area contributed by atoms with E-state index in [2.05, 4.69) is 6.92 Å². The van der Waals surface area contributed by atoms with Gasteiger partial charge in [-0.15, -0.1) is 0 Å². The Morgan fingerprint density at radius 3 is 1.78 bits per heavy atom. The summed E-state index contributed by atoms with van der Waals surface area (Å²) >= 11 is 0. The zero-order valence-corrected chi connectivity index (χ0v) is 5.62. The standard InChI is InChI=1S/C6H11F2O/c1-4-6(7,8)5(2,3)9/h9H,1,4H2,2-3H3. The quantitative estimate of drug-likeness (QED) is 0.613. The second-order valence-electron chi connectivity index (χ2n) is 2.51. The first-order valence-electron chi connectivity index (χ1n) is 2.71. The van der Waals surface area contributed by atoms with Gasteiger partial charge in [-0.3, -0.25) is 0 Å². The smallest absolute Gasteiger partial charge is 0.275 e. The molecule has 0 bridgehead atoms. The SMILES string of the molecule is [CH2]CC(F)(F)C(C)(C)O. The van der Waals surface area contributed by atoms with E-state index in [1.807, 2.05) is 0 Å². The minimum Gasteiger partial charge on any atom is -0.384 e. The molecule has 0 fully saturated rings. The Morgan fingerprint density at radius 1 is 1.44 bits per heavy atom. The largest absolute Gasteiger partial charge is 0.384 e. The van der Waals surface area contributed by atoms with Crippen LogP contribution in [0.1, 0.15) is 20.3 Å². The van der Waals surface area contributed by atoms with E-state index in [1.165, 1.54) is 0 Å². The highest BCUT2D eigenvalue weighted by atomic mass is 19.3. The third kappa shape index (κ3) is 1.90. The predicted molar refractivity (Wildman–Crippen MR) is 31.2 cm³/mol. The number of halogens is 2. The lowest BCUT2D eigenvalue weighted by Crippen LogP contribution is -2.41. The van der Waals surface area contributed by atoms with Crippen molar-refractivity contribution in [2.45, 2.75) is 31.8 Å². The van der Waals surface area contributed by atoms with E-state index in [-0.39, 0.29) is 0 Å². The summed E-state index contributed by atoms with van der Waals surface area (Å²) in [5, 5.41) is 8.76. The molecule has 55 valence electrons. The summed E-state index contributed by atoms with van der Waals surface area (Å²) in [6.45, 7) is 5.15. The Balaban J connectivity index is 4.14. The van der Waals surface area contributed by atoms with Crippen molar-refractivity contribution in [1.29, 1.82) is 0 Å². The van der Waals surface area contributed by atoms with Crippen LogP contribution in [0.15, 0.2) is 0 Å². The number of hydrogen-bond acceptors (Lipinski definition) is 1. The zero-order valence-electron chi connectivity index (χ0n) is 5.62. The van der Waals surface area contributed by atoms with Gasteiger partial charge >= 0.3 is 0 Å². The van der Waals surface area contributed by atoms with Crippen molar-refractivity contribution in [3.63, 3.8) is 0 Å². The van der Waals surface area contributed by atoms with Crippen molar-refractivity contribution < 1.29 is 13.9 Å². The normalized spacial score (nSPS) is 14.0. The molecule has 0 aromatic heterocycles. The number of alkyl halides is 2. The lowest BCUT2D eigenvalue weighted by atomic mass is 9.99. The van der Waals surface area contributed by atoms with Gasteiger partial charge < -0.3 is 5.11 Å². The van der Waals surface area contributed by atoms with Crippen LogP contribution in [0, 0.1) is 6.92 Å². The van der Waals surface area contributed by atoms with Crippen LogP contribution in [-0.2, 0) is 0 Å². The molecule has 0 heterocycles. The maximum absolute atomic E-state index is 12.3. The van der Waals surface area contributed by atoms with E-state index in [1.54, 1.807) is 0 Å². The average Bonchev–Trinajstić information content (AvgIpc) is 1.64. The summed E-state index contributed by atoms with van der Waals surface area (Å²) in [7, 11) is 0. The van der Waals surface area contributed by atoms with Crippen LogP contribution in [0.5, 0.6) is 0 Å². The lowest BCUT2D eigenvalue weighted by Gasteiger charge is -2.27. The molecule has 1 N–H and O–H groups in total. The van der Waals surface area contributed by atoms with Crippen LogP contribution >= 0.6 is 0 Å². The third-order valence-corrected chi connectivity index (χ3v) is 1.21. The first kappa shape index (κ1) is 8.82. The molecule has 0 aliphatic heterocycles. The van der Waals surface area contributed by atoms with Gasteiger partial charge in [-0.1, -0.05) is 0 Å². The number of aliphatic hydroxyl groups is 1. The molecular formula is C6H11F2O. The van der Waals surface area contributed by atoms with Gasteiger partial charge in [0.1, 0.15) is 5.60 Å². The van der Waals surface area contributed by atoms with Crippen molar-refractivity contribution >= 4 is 0 Å². The van der Waals surface area contributed by atoms with Crippen molar-refractivity contribution in [3.8, 4) is 0 Å². The summed E-state index contributed by atoms with van der Waals surface area (Å²) in [5.41, 5.74) is -1.95. The first-order chi connectivity index (χ1) is 3.81. The third-order valence-electron chi connectivity index (χ3n) is 1.21. The lowest BCUT2D eigenvalue weighted by molar-refractivity contribution is -0.159. The van der Waals surface area contributed by atoms with Gasteiger partial charge in [0.25, 0.3) is 5.92 Å². The van der Waals surface area contributed by atoms with Crippen molar-refractivity contribution in [3.05, 3.63) is 6.92 Å². The molecule has 0 unspecified atom stereocenters. The summed E-state index contributed by atoms with van der Waals surface area (Å²) < 4.78 is 24.7. The highest BCUT2D eigenvalue weighted by molar-refractivity contribution is 4.85. The van der Waals surface area contributed by atoms with Crippen LogP contribution < -0.4 is 0 Å². The van der Waals surface area contributed by atoms with E-state index in [9.17, 15) is 8.78 Å². The maximum atomic E-state index is 12.3. The molecule has 0 atom stereocenters. The molecule has 0 saturated carbocycles. The molecule has 3 heteroatoms. The molecule has 1 radical (unpaired) electrons. The molecule has 0 aliphatic carbocycles. The zero-order chi connectivity index (χ0) is 7.71. The van der Waals surface area contributed by atoms with Gasteiger partial charge in [-0.2, -0.15) is 0 Å². The Morgan fingerprint density at radius 2 is 1.78 bits per heavy atom. The molecule has 1 nitrogen and oxygen atoms in total. The summed E-state index contributed by atoms with van der Waals surface area (Å²) in [6.07, 6.45) is -0.573. The van der Waals surface area contributed by atoms with Gasteiger partial charge in [0, 0.05) is 6.42 Å². The summed E-state index contributed by atoms with van der Waals surface area (Å²) in [5.74, 6) is -3.08. The van der Waals surface area contributed by atoms with Gasteiger partial charge in [-0.25, -0.2) is 8.78 Å². The first-order valence-corrected chi connectivity index (χ1v) is 2.71. The van der Waals surface area contributed by atoms with Crippen LogP contribution in [0.4, 0.5) is 8.78 Å². The van der Waals surface area contributed by atoms with Gasteiger partial charge in [-0.05, 0) is 20.8 Å². The topological polar surface area (TPSA) is 20.2 Å². The fourth-order valence-electron chi connectivity index (χ4n) is 0.306. The summed E-state index contributed by atoms with van der Waals surface area (Å²) in [6, 6.07) is 0. The molecule has 0 amide bonds. The fourth-order valence-corrected chi connectivity index (χ4v) is 0.306. The predicted octanol–water partition coefficient (Wildman–Crippen LogP) is 1.62. The number of hydrogen-bond donors (Lipinski definition) is 1. The Bertz CT molecular complexity index is 93.7. The van der Waals surface area contributed by atoms with E-state index in [0.717, 1.165) is 13.8 Å². The van der Waals surface area contributed by atoms with Crippen LogP contribution in [0.3, 0.4) is 0 Å². The molecular weight excluding hydrogens is 126 g/mol. The Kier molecular flexibility index (Phi) is 2.17. The molecule has 9 heavy (non-hydrogen) atoms. The van der Waals surface area contributed by atoms with Gasteiger partial charge in [0.15, 0.2) is 0 Å². The second kappa shape index (κ2) is 2.21. The van der Waals surface area contributed by atoms with E-state index < -0.39 is 17.9 Å². The van der Waals surface area contributed by atoms with Crippen molar-refractivity contribution in [2.24, 2.45) is 0 Å². The fraction of sp³-hybridized carbons (Fsp3) is 0.833. The highest BCUT2D eigenvalue weighted by Gasteiger charge is 2.43. The molecule has 0 aliphatic rings. The van der Waals surface area contributed by atoms with Gasteiger partial charge in [0.05, 0.1) is 0 Å². The monoisotopic (exact) mass is 137 g/mol. The molecule has 0 aromatic rings. The van der Waals surface area contributed by atoms with E-state index in [4.69, 9.17) is 5.11 Å². The Hall–Kier alpha value is -0.180. The average molecular weight is 137 g/mol. The van der Waals surface area contributed by atoms with Crippen LogP contribution in [0.2, 0.25) is 0 Å². The van der Waals surface area contributed by atoms with Crippen molar-refractivity contribution in [1.82, 2.24) is 0 Å². The van der Waals surface area contributed by atoms with Crippen LogP contribution in [0.25, 0.3) is 0 Å². The van der Waals surface area contributed by atoms with Crippen molar-refractivity contribution in [2.75, 3.05) is 0 Å². The minimum atomic E-state index is -3.08. The molecule has 0 saturated heterocycles. The molecule has 0 spiro atoms. The van der Waals surface area contributed by atoms with E-state index in [0.29, 0.717) is 0 Å². The minimum absolute atomic E-state index is 0.573. The molecule has 0 rings (SSSR count).